The second kappa shape index (κ2) is 8.67. The quantitative estimate of drug-likeness (QED) is 0.717. The van der Waals surface area contributed by atoms with E-state index in [4.69, 9.17) is 20.5 Å². The Labute approximate surface area is 166 Å². The van der Waals surface area contributed by atoms with Gasteiger partial charge in [-0.1, -0.05) is 11.6 Å². The molecule has 1 N–H and O–H groups in total. The van der Waals surface area contributed by atoms with Crippen LogP contribution in [0.3, 0.4) is 0 Å². The Bertz CT molecular complexity index is 770. The number of carbonyl (C=O) groups is 1. The van der Waals surface area contributed by atoms with E-state index in [2.05, 4.69) is 5.32 Å². The van der Waals surface area contributed by atoms with Crippen LogP contribution >= 0.6 is 11.6 Å². The zero-order chi connectivity index (χ0) is 20.2. The molecule has 2 amide bonds. The molecule has 1 aromatic carbocycles. The molecular formula is C18H27ClN2O5S. The van der Waals surface area contributed by atoms with Gasteiger partial charge in [-0.05, 0) is 51.8 Å². The molecule has 27 heavy (non-hydrogen) atoms. The highest BCUT2D eigenvalue weighted by molar-refractivity contribution is 7.86. The number of carbonyl (C=O) groups excluding carboxylic acids is 1. The lowest BCUT2D eigenvalue weighted by atomic mass is 10.1. The average Bonchev–Trinajstić information content (AvgIpc) is 2.99. The minimum Gasteiger partial charge on any atom is -0.382 e. The summed E-state index contributed by atoms with van der Waals surface area (Å²) >= 11 is 6.08. The maximum atomic E-state index is 12.8. The van der Waals surface area contributed by atoms with Crippen LogP contribution in [-0.4, -0.2) is 50.4 Å². The van der Waals surface area contributed by atoms with Crippen LogP contribution < -0.4 is 9.50 Å². The number of rotatable bonds is 6. The van der Waals surface area contributed by atoms with Gasteiger partial charge in [-0.2, -0.15) is 8.42 Å². The number of nitrogens with one attached hydrogen (secondary N) is 1. The second-order valence-electron chi connectivity index (χ2n) is 7.74. The third kappa shape index (κ3) is 7.56. The molecule has 1 aliphatic heterocycles. The average molecular weight is 419 g/mol. The summed E-state index contributed by atoms with van der Waals surface area (Å²) in [6, 6.07) is 4.38. The molecule has 7 nitrogen and oxygen atoms in total. The van der Waals surface area contributed by atoms with Crippen LogP contribution in [0.5, 0.6) is 5.75 Å². The fourth-order valence-electron chi connectivity index (χ4n) is 2.77. The predicted molar refractivity (Wildman–Crippen MR) is 105 cm³/mol. The van der Waals surface area contributed by atoms with E-state index in [0.29, 0.717) is 23.7 Å². The molecular weight excluding hydrogens is 392 g/mol. The molecule has 1 aromatic rings. The summed E-state index contributed by atoms with van der Waals surface area (Å²) < 4.78 is 33.8. The first-order valence-corrected chi connectivity index (χ1v) is 11.0. The minimum absolute atomic E-state index is 0.0471. The number of amides is 2. The van der Waals surface area contributed by atoms with Crippen molar-refractivity contribution in [1.82, 2.24) is 10.2 Å². The van der Waals surface area contributed by atoms with Gasteiger partial charge in [0, 0.05) is 29.3 Å². The van der Waals surface area contributed by atoms with Gasteiger partial charge in [-0.15, -0.1) is 0 Å². The van der Waals surface area contributed by atoms with Crippen LogP contribution in [0, 0.1) is 0 Å². The molecule has 0 bridgehead atoms. The molecule has 0 aliphatic carbocycles. The number of nitrogens with zero attached hydrogens (tertiary/aromatic N) is 1. The Kier molecular flexibility index (Phi) is 6.99. The molecule has 1 heterocycles. The van der Waals surface area contributed by atoms with Crippen LogP contribution in [0.4, 0.5) is 4.79 Å². The van der Waals surface area contributed by atoms with Crippen molar-refractivity contribution in [3.63, 3.8) is 0 Å². The van der Waals surface area contributed by atoms with Gasteiger partial charge in [0.05, 0.1) is 18.9 Å². The van der Waals surface area contributed by atoms with Crippen molar-refractivity contribution in [2.75, 3.05) is 19.4 Å². The molecule has 1 atom stereocenters. The predicted octanol–water partition coefficient (Wildman–Crippen LogP) is 3.17. The zero-order valence-corrected chi connectivity index (χ0v) is 17.7. The Balaban J connectivity index is 2.27. The first-order valence-electron chi connectivity index (χ1n) is 8.79. The van der Waals surface area contributed by atoms with E-state index >= 15 is 0 Å². The van der Waals surface area contributed by atoms with Crippen molar-refractivity contribution in [3.05, 3.63) is 28.8 Å². The highest BCUT2D eigenvalue weighted by Crippen LogP contribution is 2.26. The van der Waals surface area contributed by atoms with E-state index in [1.165, 1.54) is 6.07 Å². The molecule has 1 fully saturated rings. The maximum Gasteiger partial charge on any atom is 0.318 e. The van der Waals surface area contributed by atoms with Crippen molar-refractivity contribution >= 4 is 27.8 Å². The molecule has 0 saturated carbocycles. The number of ether oxygens (including phenoxy) is 1. The molecule has 0 radical (unpaired) electrons. The summed E-state index contributed by atoms with van der Waals surface area (Å²) in [7, 11) is -3.71. The van der Waals surface area contributed by atoms with E-state index in [9.17, 15) is 13.2 Å². The van der Waals surface area contributed by atoms with Crippen LogP contribution in [-0.2, 0) is 21.4 Å². The zero-order valence-electron chi connectivity index (χ0n) is 16.1. The van der Waals surface area contributed by atoms with Crippen molar-refractivity contribution in [3.8, 4) is 5.75 Å². The van der Waals surface area contributed by atoms with Gasteiger partial charge in [-0.3, -0.25) is 0 Å². The summed E-state index contributed by atoms with van der Waals surface area (Å²) in [6.07, 6.45) is 2.76. The molecule has 1 aliphatic rings. The van der Waals surface area contributed by atoms with Gasteiger partial charge >= 0.3 is 16.1 Å². The highest BCUT2D eigenvalue weighted by atomic mass is 35.5. The lowest BCUT2D eigenvalue weighted by molar-refractivity contribution is 0.0780. The Morgan fingerprint density at radius 3 is 2.67 bits per heavy atom. The third-order valence-corrected chi connectivity index (χ3v) is 4.56. The molecule has 0 unspecified atom stereocenters. The molecule has 2 rings (SSSR count). The van der Waals surface area contributed by atoms with Gasteiger partial charge in [0.1, 0.15) is 5.75 Å². The van der Waals surface area contributed by atoms with Crippen LogP contribution in [0.2, 0.25) is 5.02 Å². The van der Waals surface area contributed by atoms with Gasteiger partial charge in [0.2, 0.25) is 0 Å². The van der Waals surface area contributed by atoms with Crippen LogP contribution in [0.15, 0.2) is 18.2 Å². The summed E-state index contributed by atoms with van der Waals surface area (Å²) in [5.74, 6) is 0.155. The number of benzene rings is 1. The standard InChI is InChI=1S/C18H27ClN2O5S/c1-18(2,3)20-17(22)21(12-15-6-5-9-25-15)11-13-10-14(19)7-8-16(13)26-27(4,23)24/h7-8,10,15H,5-6,9,11-12H2,1-4H3,(H,20,22)/t15-/m0/s1. The number of halogens is 1. The summed E-state index contributed by atoms with van der Waals surface area (Å²) in [6.45, 7) is 6.91. The summed E-state index contributed by atoms with van der Waals surface area (Å²) in [5, 5.41) is 3.36. The second-order valence-corrected chi connectivity index (χ2v) is 9.75. The highest BCUT2D eigenvalue weighted by Gasteiger charge is 2.26. The lowest BCUT2D eigenvalue weighted by Crippen LogP contribution is -2.50. The number of hydrogen-bond donors (Lipinski definition) is 1. The van der Waals surface area contributed by atoms with Gasteiger partial charge in [-0.25, -0.2) is 4.79 Å². The molecule has 0 aromatic heterocycles. The smallest absolute Gasteiger partial charge is 0.318 e. The Morgan fingerprint density at radius 2 is 2.11 bits per heavy atom. The number of hydrogen-bond acceptors (Lipinski definition) is 5. The van der Waals surface area contributed by atoms with Gasteiger partial charge in [0.25, 0.3) is 0 Å². The monoisotopic (exact) mass is 418 g/mol. The van der Waals surface area contributed by atoms with Crippen molar-refractivity contribution < 1.29 is 22.1 Å². The van der Waals surface area contributed by atoms with E-state index in [1.54, 1.807) is 17.0 Å². The maximum absolute atomic E-state index is 12.8. The largest absolute Gasteiger partial charge is 0.382 e. The van der Waals surface area contributed by atoms with E-state index in [1.807, 2.05) is 20.8 Å². The summed E-state index contributed by atoms with van der Waals surface area (Å²) in [5.41, 5.74) is 0.0988. The minimum atomic E-state index is -3.71. The van der Waals surface area contributed by atoms with E-state index in [0.717, 1.165) is 19.1 Å². The fraction of sp³-hybridized carbons (Fsp3) is 0.611. The SMILES string of the molecule is CC(C)(C)NC(=O)N(Cc1cc(Cl)ccc1OS(C)(=O)=O)C[C@@H]1CCCO1. The molecule has 9 heteroatoms. The van der Waals surface area contributed by atoms with Crippen molar-refractivity contribution in [2.45, 2.75) is 51.8 Å². The Hall–Kier alpha value is -1.51. The van der Waals surface area contributed by atoms with Crippen molar-refractivity contribution in [2.24, 2.45) is 0 Å². The third-order valence-electron chi connectivity index (χ3n) is 3.84. The van der Waals surface area contributed by atoms with Crippen LogP contribution in [0.1, 0.15) is 39.2 Å². The molecule has 1 saturated heterocycles. The summed E-state index contributed by atoms with van der Waals surface area (Å²) in [4.78, 5) is 14.4. The topological polar surface area (TPSA) is 84.9 Å². The first kappa shape index (κ1) is 21.8. The first-order chi connectivity index (χ1) is 12.4. The number of urea groups is 1. The molecule has 152 valence electrons. The molecule has 0 spiro atoms. The van der Waals surface area contributed by atoms with E-state index < -0.39 is 15.7 Å². The van der Waals surface area contributed by atoms with E-state index in [-0.39, 0.29) is 24.4 Å². The lowest BCUT2D eigenvalue weighted by Gasteiger charge is -2.30. The van der Waals surface area contributed by atoms with Crippen LogP contribution in [0.25, 0.3) is 0 Å². The van der Waals surface area contributed by atoms with Gasteiger partial charge < -0.3 is 19.1 Å². The Morgan fingerprint density at radius 1 is 1.41 bits per heavy atom. The van der Waals surface area contributed by atoms with Crippen molar-refractivity contribution in [1.29, 1.82) is 0 Å². The normalized spacial score (nSPS) is 17.6. The van der Waals surface area contributed by atoms with Gasteiger partial charge in [0.15, 0.2) is 0 Å². The fourth-order valence-corrected chi connectivity index (χ4v) is 3.46.